The molecule has 0 aromatic heterocycles. The first-order valence-corrected chi connectivity index (χ1v) is 7.78. The number of nitrogens with one attached hydrogen (secondary N) is 2. The van der Waals surface area contributed by atoms with Gasteiger partial charge in [0, 0.05) is 25.4 Å². The monoisotopic (exact) mass is 310 g/mol. The molecule has 0 saturated carbocycles. The Morgan fingerprint density at radius 3 is 2.86 bits per heavy atom. The minimum absolute atomic E-state index is 0.171. The van der Waals surface area contributed by atoms with E-state index in [0.29, 0.717) is 28.6 Å². The lowest BCUT2D eigenvalue weighted by Crippen LogP contribution is -2.36. The number of carbonyl (C=O) groups is 1. The molecule has 1 heterocycles. The predicted octanol–water partition coefficient (Wildman–Crippen LogP) is 3.32. The predicted molar refractivity (Wildman–Crippen MR) is 86.1 cm³/mol. The van der Waals surface area contributed by atoms with Crippen molar-refractivity contribution in [2.24, 2.45) is 5.92 Å². The number of anilines is 1. The van der Waals surface area contributed by atoms with E-state index in [0.717, 1.165) is 25.1 Å². The minimum atomic E-state index is -0.171. The summed E-state index contributed by atoms with van der Waals surface area (Å²) in [6.45, 7) is 5.13. The molecule has 2 N–H and O–H groups in total. The first kappa shape index (κ1) is 16.1. The quantitative estimate of drug-likeness (QED) is 0.897. The summed E-state index contributed by atoms with van der Waals surface area (Å²) in [5.41, 5.74) is 1.42. The first-order chi connectivity index (χ1) is 10.0. The van der Waals surface area contributed by atoms with E-state index in [1.54, 1.807) is 19.2 Å². The fourth-order valence-electron chi connectivity index (χ4n) is 2.58. The Bertz CT molecular complexity index is 505. The Morgan fingerprint density at radius 1 is 1.43 bits per heavy atom. The summed E-state index contributed by atoms with van der Waals surface area (Å²) in [5.74, 6) is 0.344. The smallest absolute Gasteiger partial charge is 0.252 e. The third-order valence-electron chi connectivity index (χ3n) is 3.87. The molecule has 5 heteroatoms. The number of benzene rings is 1. The molecule has 116 valence electrons. The number of halogens is 1. The zero-order valence-corrected chi connectivity index (χ0v) is 13.5. The number of hydrogen-bond acceptors (Lipinski definition) is 3. The van der Waals surface area contributed by atoms with Crippen LogP contribution >= 0.6 is 11.6 Å². The largest absolute Gasteiger partial charge is 0.382 e. The third-order valence-corrected chi connectivity index (χ3v) is 4.20. The summed E-state index contributed by atoms with van der Waals surface area (Å²) < 4.78 is 5.78. The van der Waals surface area contributed by atoms with Crippen molar-refractivity contribution >= 4 is 23.2 Å². The van der Waals surface area contributed by atoms with Gasteiger partial charge in [-0.05, 0) is 37.0 Å². The lowest BCUT2D eigenvalue weighted by Gasteiger charge is -2.33. The second-order valence-corrected chi connectivity index (χ2v) is 6.20. The van der Waals surface area contributed by atoms with E-state index in [1.165, 1.54) is 0 Å². The van der Waals surface area contributed by atoms with E-state index in [9.17, 15) is 4.79 Å². The van der Waals surface area contributed by atoms with Gasteiger partial charge >= 0.3 is 0 Å². The highest BCUT2D eigenvalue weighted by Crippen LogP contribution is 2.25. The SMILES string of the molecule is CNC(=O)c1cc(NC2CCOC(C(C)C)C2)ccc1Cl. The summed E-state index contributed by atoms with van der Waals surface area (Å²) in [6.07, 6.45) is 2.25. The second-order valence-electron chi connectivity index (χ2n) is 5.79. The molecule has 1 amide bonds. The van der Waals surface area contributed by atoms with Crippen LogP contribution in [0.1, 0.15) is 37.0 Å². The Balaban J connectivity index is 2.07. The molecule has 0 bridgehead atoms. The van der Waals surface area contributed by atoms with Crippen molar-refractivity contribution in [1.29, 1.82) is 0 Å². The number of ether oxygens (including phenoxy) is 1. The molecule has 2 atom stereocenters. The molecule has 1 fully saturated rings. The highest BCUT2D eigenvalue weighted by molar-refractivity contribution is 6.34. The van der Waals surface area contributed by atoms with Gasteiger partial charge in [-0.1, -0.05) is 25.4 Å². The number of amides is 1. The van der Waals surface area contributed by atoms with Crippen LogP contribution in [-0.4, -0.2) is 31.7 Å². The van der Waals surface area contributed by atoms with Crippen LogP contribution in [-0.2, 0) is 4.74 Å². The van der Waals surface area contributed by atoms with Crippen molar-refractivity contribution < 1.29 is 9.53 Å². The lowest BCUT2D eigenvalue weighted by molar-refractivity contribution is -0.0160. The standard InChI is InChI=1S/C16H23ClN2O2/c1-10(2)15-9-12(6-7-21-15)19-11-4-5-14(17)13(8-11)16(20)18-3/h4-5,8,10,12,15,19H,6-7,9H2,1-3H3,(H,18,20). The van der Waals surface area contributed by atoms with Gasteiger partial charge in [0.05, 0.1) is 16.7 Å². The lowest BCUT2D eigenvalue weighted by atomic mass is 9.95. The fraction of sp³-hybridized carbons (Fsp3) is 0.562. The molecule has 2 rings (SSSR count). The van der Waals surface area contributed by atoms with Gasteiger partial charge in [-0.15, -0.1) is 0 Å². The van der Waals surface area contributed by atoms with Gasteiger partial charge in [0.2, 0.25) is 0 Å². The normalized spacial score (nSPS) is 22.1. The summed E-state index contributed by atoms with van der Waals surface area (Å²) in [6, 6.07) is 5.84. The van der Waals surface area contributed by atoms with Gasteiger partial charge in [0.15, 0.2) is 0 Å². The molecule has 0 radical (unpaired) electrons. The molecule has 1 aromatic carbocycles. The van der Waals surface area contributed by atoms with Crippen LogP contribution in [0.15, 0.2) is 18.2 Å². The first-order valence-electron chi connectivity index (χ1n) is 7.41. The summed E-state index contributed by atoms with van der Waals surface area (Å²) in [7, 11) is 1.60. The topological polar surface area (TPSA) is 50.4 Å². The van der Waals surface area contributed by atoms with Crippen molar-refractivity contribution in [2.75, 3.05) is 19.0 Å². The fourth-order valence-corrected chi connectivity index (χ4v) is 2.79. The Labute approximate surface area is 131 Å². The van der Waals surface area contributed by atoms with E-state index in [1.807, 2.05) is 6.07 Å². The molecule has 21 heavy (non-hydrogen) atoms. The molecule has 0 spiro atoms. The summed E-state index contributed by atoms with van der Waals surface area (Å²) in [4.78, 5) is 11.8. The van der Waals surface area contributed by atoms with Crippen molar-refractivity contribution in [3.8, 4) is 0 Å². The highest BCUT2D eigenvalue weighted by Gasteiger charge is 2.25. The highest BCUT2D eigenvalue weighted by atomic mass is 35.5. The van der Waals surface area contributed by atoms with Crippen LogP contribution in [0.2, 0.25) is 5.02 Å². The Hall–Kier alpha value is -1.26. The molecule has 4 nitrogen and oxygen atoms in total. The van der Waals surface area contributed by atoms with E-state index < -0.39 is 0 Å². The minimum Gasteiger partial charge on any atom is -0.382 e. The molecular formula is C16H23ClN2O2. The molecule has 2 unspecified atom stereocenters. The van der Waals surface area contributed by atoms with Crippen LogP contribution in [0.5, 0.6) is 0 Å². The van der Waals surface area contributed by atoms with Crippen molar-refractivity contribution in [3.05, 3.63) is 28.8 Å². The number of carbonyl (C=O) groups excluding carboxylic acids is 1. The maximum atomic E-state index is 11.8. The van der Waals surface area contributed by atoms with Crippen molar-refractivity contribution in [3.63, 3.8) is 0 Å². The van der Waals surface area contributed by atoms with Gasteiger partial charge in [0.1, 0.15) is 0 Å². The van der Waals surface area contributed by atoms with Gasteiger partial charge in [-0.2, -0.15) is 0 Å². The summed E-state index contributed by atoms with van der Waals surface area (Å²) in [5, 5.41) is 6.56. The van der Waals surface area contributed by atoms with Crippen molar-refractivity contribution in [2.45, 2.75) is 38.8 Å². The van der Waals surface area contributed by atoms with Crippen LogP contribution in [0, 0.1) is 5.92 Å². The van der Waals surface area contributed by atoms with Crippen molar-refractivity contribution in [1.82, 2.24) is 5.32 Å². The summed E-state index contributed by atoms with van der Waals surface area (Å²) >= 11 is 6.07. The number of hydrogen-bond donors (Lipinski definition) is 2. The van der Waals surface area contributed by atoms with Crippen LogP contribution in [0.3, 0.4) is 0 Å². The van der Waals surface area contributed by atoms with Crippen LogP contribution < -0.4 is 10.6 Å². The van der Waals surface area contributed by atoms with E-state index in [2.05, 4.69) is 24.5 Å². The molecule has 0 aliphatic carbocycles. The zero-order valence-electron chi connectivity index (χ0n) is 12.8. The zero-order chi connectivity index (χ0) is 15.4. The molecule has 1 aliphatic heterocycles. The van der Waals surface area contributed by atoms with Crippen LogP contribution in [0.25, 0.3) is 0 Å². The average molecular weight is 311 g/mol. The van der Waals surface area contributed by atoms with Gasteiger partial charge in [-0.3, -0.25) is 4.79 Å². The maximum Gasteiger partial charge on any atom is 0.252 e. The number of rotatable bonds is 4. The average Bonchev–Trinajstić information content (AvgIpc) is 2.48. The van der Waals surface area contributed by atoms with E-state index >= 15 is 0 Å². The maximum absolute atomic E-state index is 11.8. The Kier molecular flexibility index (Phi) is 5.48. The Morgan fingerprint density at radius 2 is 2.19 bits per heavy atom. The van der Waals surface area contributed by atoms with Gasteiger partial charge in [0.25, 0.3) is 5.91 Å². The van der Waals surface area contributed by atoms with Gasteiger partial charge < -0.3 is 15.4 Å². The van der Waals surface area contributed by atoms with E-state index in [-0.39, 0.29) is 5.91 Å². The third kappa shape index (κ3) is 4.11. The molecule has 1 aromatic rings. The molecule has 1 saturated heterocycles. The molecule has 1 aliphatic rings. The molecular weight excluding hydrogens is 288 g/mol. The van der Waals surface area contributed by atoms with E-state index in [4.69, 9.17) is 16.3 Å². The van der Waals surface area contributed by atoms with Crippen LogP contribution in [0.4, 0.5) is 5.69 Å². The van der Waals surface area contributed by atoms with Gasteiger partial charge in [-0.25, -0.2) is 0 Å². The second kappa shape index (κ2) is 7.14.